The molecule has 1 rings (SSSR count). The third-order valence-electron chi connectivity index (χ3n) is 2.59. The minimum Gasteiger partial charge on any atom is -0.317 e. The highest BCUT2D eigenvalue weighted by molar-refractivity contribution is 9.10. The second-order valence-electron chi connectivity index (χ2n) is 4.41. The smallest absolute Gasteiger partial charge is 0.0207 e. The van der Waals surface area contributed by atoms with Crippen LogP contribution in [0.4, 0.5) is 0 Å². The molecule has 0 amide bonds. The Morgan fingerprint density at radius 3 is 2.47 bits per heavy atom. The van der Waals surface area contributed by atoms with Gasteiger partial charge in [-0.3, -0.25) is 0 Å². The van der Waals surface area contributed by atoms with Crippen molar-refractivity contribution in [2.45, 2.75) is 32.7 Å². The fourth-order valence-corrected chi connectivity index (χ4v) is 2.25. The zero-order chi connectivity index (χ0) is 11.3. The lowest BCUT2D eigenvalue weighted by molar-refractivity contribution is 0.440. The summed E-state index contributed by atoms with van der Waals surface area (Å²) in [6.07, 6.45) is 2.31. The lowest BCUT2D eigenvalue weighted by Gasteiger charge is -2.19. The van der Waals surface area contributed by atoms with Gasteiger partial charge in [-0.05, 0) is 37.4 Å². The molecule has 0 saturated carbocycles. The molecule has 1 aromatic rings. The predicted octanol–water partition coefficient (Wildman–Crippen LogP) is 3.63. The second-order valence-corrected chi connectivity index (χ2v) is 5.27. The van der Waals surface area contributed by atoms with Crippen molar-refractivity contribution in [3.8, 4) is 0 Å². The minimum absolute atomic E-state index is 0.573. The van der Waals surface area contributed by atoms with Crippen LogP contribution in [0, 0.1) is 5.92 Å². The van der Waals surface area contributed by atoms with Gasteiger partial charge in [0.05, 0.1) is 0 Å². The summed E-state index contributed by atoms with van der Waals surface area (Å²) in [7, 11) is 2.05. The van der Waals surface area contributed by atoms with E-state index in [9.17, 15) is 0 Å². The molecule has 0 saturated heterocycles. The van der Waals surface area contributed by atoms with E-state index in [4.69, 9.17) is 0 Å². The van der Waals surface area contributed by atoms with E-state index < -0.39 is 0 Å². The summed E-state index contributed by atoms with van der Waals surface area (Å²) in [5.41, 5.74) is 1.39. The molecule has 0 fully saturated rings. The summed E-state index contributed by atoms with van der Waals surface area (Å²) in [6.45, 7) is 4.54. The fourth-order valence-electron chi connectivity index (χ4n) is 1.80. The zero-order valence-electron chi connectivity index (χ0n) is 9.76. The van der Waals surface area contributed by atoms with E-state index in [1.165, 1.54) is 16.5 Å². The van der Waals surface area contributed by atoms with Gasteiger partial charge < -0.3 is 5.32 Å². The summed E-state index contributed by atoms with van der Waals surface area (Å²) in [5.74, 6) is 0.741. The molecule has 1 nitrogen and oxygen atoms in total. The Bertz CT molecular complexity index is 296. The van der Waals surface area contributed by atoms with Crippen molar-refractivity contribution >= 4 is 15.9 Å². The van der Waals surface area contributed by atoms with Crippen LogP contribution in [0.25, 0.3) is 0 Å². The van der Waals surface area contributed by atoms with Crippen LogP contribution in [0.2, 0.25) is 0 Å². The van der Waals surface area contributed by atoms with E-state index in [0.29, 0.717) is 6.04 Å². The Kier molecular flexibility index (Phi) is 5.34. The van der Waals surface area contributed by atoms with Gasteiger partial charge in [0.25, 0.3) is 0 Å². The van der Waals surface area contributed by atoms with Crippen LogP contribution >= 0.6 is 15.9 Å². The van der Waals surface area contributed by atoms with Gasteiger partial charge in [-0.25, -0.2) is 0 Å². The maximum Gasteiger partial charge on any atom is 0.0207 e. The Balaban J connectivity index is 2.62. The van der Waals surface area contributed by atoms with Crippen LogP contribution < -0.4 is 5.32 Å². The van der Waals surface area contributed by atoms with E-state index >= 15 is 0 Å². The van der Waals surface area contributed by atoms with Crippen molar-refractivity contribution in [2.75, 3.05) is 7.05 Å². The van der Waals surface area contributed by atoms with E-state index in [2.05, 4.69) is 59.4 Å². The average molecular weight is 270 g/mol. The van der Waals surface area contributed by atoms with Crippen LogP contribution in [-0.4, -0.2) is 13.1 Å². The third kappa shape index (κ3) is 4.35. The highest BCUT2D eigenvalue weighted by atomic mass is 79.9. The molecule has 15 heavy (non-hydrogen) atoms. The summed E-state index contributed by atoms with van der Waals surface area (Å²) in [6, 6.07) is 9.03. The Morgan fingerprint density at radius 2 is 1.93 bits per heavy atom. The minimum atomic E-state index is 0.573. The molecule has 0 aliphatic rings. The molecule has 0 heterocycles. The largest absolute Gasteiger partial charge is 0.317 e. The highest BCUT2D eigenvalue weighted by Crippen LogP contribution is 2.19. The molecular weight excluding hydrogens is 250 g/mol. The first-order chi connectivity index (χ1) is 7.13. The van der Waals surface area contributed by atoms with Crippen LogP contribution in [0.5, 0.6) is 0 Å². The summed E-state index contributed by atoms with van der Waals surface area (Å²) >= 11 is 3.59. The zero-order valence-corrected chi connectivity index (χ0v) is 11.3. The van der Waals surface area contributed by atoms with Crippen LogP contribution in [0.1, 0.15) is 25.8 Å². The number of hydrogen-bond donors (Lipinski definition) is 1. The van der Waals surface area contributed by atoms with Crippen LogP contribution in [0.15, 0.2) is 28.7 Å². The summed E-state index contributed by atoms with van der Waals surface area (Å²) in [5, 5.41) is 3.39. The Morgan fingerprint density at radius 1 is 1.27 bits per heavy atom. The molecule has 1 aromatic carbocycles. The van der Waals surface area contributed by atoms with Gasteiger partial charge in [-0.15, -0.1) is 0 Å². The van der Waals surface area contributed by atoms with Gasteiger partial charge in [-0.2, -0.15) is 0 Å². The predicted molar refractivity (Wildman–Crippen MR) is 70.1 cm³/mol. The molecule has 84 valence electrons. The number of rotatable bonds is 5. The number of halogens is 1. The van der Waals surface area contributed by atoms with Crippen LogP contribution in [0.3, 0.4) is 0 Å². The molecule has 0 aromatic heterocycles. The van der Waals surface area contributed by atoms with E-state index in [0.717, 1.165) is 12.3 Å². The van der Waals surface area contributed by atoms with Gasteiger partial charge in [0.2, 0.25) is 0 Å². The standard InChI is InChI=1S/C13H20BrN/c1-10(2)8-12(15-3)9-11-6-4-5-7-13(11)14/h4-7,10,12,15H,8-9H2,1-3H3. The first-order valence-corrected chi connectivity index (χ1v) is 6.33. The maximum absolute atomic E-state index is 3.59. The van der Waals surface area contributed by atoms with Crippen molar-refractivity contribution in [1.29, 1.82) is 0 Å². The van der Waals surface area contributed by atoms with Crippen LogP contribution in [-0.2, 0) is 6.42 Å². The number of nitrogens with one attached hydrogen (secondary N) is 1. The Hall–Kier alpha value is -0.340. The fraction of sp³-hybridized carbons (Fsp3) is 0.538. The normalized spacial score (nSPS) is 13.1. The van der Waals surface area contributed by atoms with Gasteiger partial charge in [-0.1, -0.05) is 48.0 Å². The highest BCUT2D eigenvalue weighted by Gasteiger charge is 2.10. The molecule has 2 heteroatoms. The molecule has 1 atom stereocenters. The van der Waals surface area contributed by atoms with Gasteiger partial charge in [0, 0.05) is 10.5 Å². The van der Waals surface area contributed by atoms with Crippen molar-refractivity contribution in [3.63, 3.8) is 0 Å². The second kappa shape index (κ2) is 6.29. The lowest BCUT2D eigenvalue weighted by Crippen LogP contribution is -2.29. The van der Waals surface area contributed by atoms with Gasteiger partial charge in [0.1, 0.15) is 0 Å². The number of likely N-dealkylation sites (N-methyl/N-ethyl adjacent to an activating group) is 1. The maximum atomic E-state index is 3.59. The molecule has 1 unspecified atom stereocenters. The lowest BCUT2D eigenvalue weighted by atomic mass is 9.97. The van der Waals surface area contributed by atoms with Crippen molar-refractivity contribution < 1.29 is 0 Å². The van der Waals surface area contributed by atoms with Crippen molar-refractivity contribution in [3.05, 3.63) is 34.3 Å². The summed E-state index contributed by atoms with van der Waals surface area (Å²) in [4.78, 5) is 0. The SMILES string of the molecule is CNC(Cc1ccccc1Br)CC(C)C. The van der Waals surface area contributed by atoms with E-state index in [-0.39, 0.29) is 0 Å². The van der Waals surface area contributed by atoms with Crippen molar-refractivity contribution in [2.24, 2.45) is 5.92 Å². The van der Waals surface area contributed by atoms with E-state index in [1.807, 2.05) is 7.05 Å². The molecule has 0 bridgehead atoms. The number of hydrogen-bond acceptors (Lipinski definition) is 1. The van der Waals surface area contributed by atoms with Gasteiger partial charge in [0.15, 0.2) is 0 Å². The first kappa shape index (κ1) is 12.7. The topological polar surface area (TPSA) is 12.0 Å². The number of benzene rings is 1. The Labute approximate surface area is 101 Å². The molecule has 0 radical (unpaired) electrons. The third-order valence-corrected chi connectivity index (χ3v) is 3.36. The molecule has 0 aliphatic carbocycles. The molecule has 0 aliphatic heterocycles. The van der Waals surface area contributed by atoms with E-state index in [1.54, 1.807) is 0 Å². The molecule has 1 N–H and O–H groups in total. The van der Waals surface area contributed by atoms with Crippen molar-refractivity contribution in [1.82, 2.24) is 5.32 Å². The molecular formula is C13H20BrN. The van der Waals surface area contributed by atoms with Gasteiger partial charge >= 0.3 is 0 Å². The average Bonchev–Trinajstić information content (AvgIpc) is 2.19. The quantitative estimate of drug-likeness (QED) is 0.861. The first-order valence-electron chi connectivity index (χ1n) is 5.54. The monoisotopic (exact) mass is 269 g/mol. The molecule has 0 spiro atoms. The summed E-state index contributed by atoms with van der Waals surface area (Å²) < 4.78 is 1.22.